The van der Waals surface area contributed by atoms with E-state index >= 15 is 0 Å². The number of aromatic nitrogens is 1. The zero-order chi connectivity index (χ0) is 13.2. The second-order valence-electron chi connectivity index (χ2n) is 4.08. The highest BCUT2D eigenvalue weighted by Gasteiger charge is 2.12. The van der Waals surface area contributed by atoms with E-state index in [1.54, 1.807) is 12.3 Å². The number of pyridine rings is 1. The van der Waals surface area contributed by atoms with Crippen LogP contribution in [0.5, 0.6) is 11.5 Å². The Bertz CT molecular complexity index is 619. The van der Waals surface area contributed by atoms with E-state index in [9.17, 15) is 0 Å². The largest absolute Gasteiger partial charge is 0.486 e. The Morgan fingerprint density at radius 1 is 1.16 bits per heavy atom. The lowest BCUT2D eigenvalue weighted by Gasteiger charge is -2.19. The maximum atomic E-state index is 6.06. The van der Waals surface area contributed by atoms with Gasteiger partial charge in [-0.25, -0.2) is 4.98 Å². The van der Waals surface area contributed by atoms with Gasteiger partial charge < -0.3 is 20.5 Å². The molecule has 2 aromatic rings. The highest BCUT2D eigenvalue weighted by atomic mass is 35.5. The molecule has 0 fully saturated rings. The van der Waals surface area contributed by atoms with Crippen molar-refractivity contribution in [3.05, 3.63) is 35.5 Å². The van der Waals surface area contributed by atoms with E-state index in [1.165, 1.54) is 0 Å². The molecule has 0 aliphatic carbocycles. The molecular formula is C13H12ClN3O2. The first-order valence-corrected chi connectivity index (χ1v) is 6.18. The van der Waals surface area contributed by atoms with Gasteiger partial charge in [-0.1, -0.05) is 11.6 Å². The average Bonchev–Trinajstić information content (AvgIpc) is 2.42. The Hall–Kier alpha value is -2.14. The highest BCUT2D eigenvalue weighted by molar-refractivity contribution is 6.33. The van der Waals surface area contributed by atoms with Gasteiger partial charge in [0.05, 0.1) is 16.9 Å². The molecule has 3 N–H and O–H groups in total. The van der Waals surface area contributed by atoms with Crippen LogP contribution in [0.2, 0.25) is 5.02 Å². The second-order valence-corrected chi connectivity index (χ2v) is 4.49. The first-order chi connectivity index (χ1) is 9.22. The number of nitrogens with one attached hydrogen (secondary N) is 1. The number of rotatable bonds is 2. The van der Waals surface area contributed by atoms with Gasteiger partial charge in [0.25, 0.3) is 0 Å². The number of anilines is 3. The van der Waals surface area contributed by atoms with Crippen molar-refractivity contribution >= 4 is 28.8 Å². The second kappa shape index (κ2) is 4.85. The predicted molar refractivity (Wildman–Crippen MR) is 74.4 cm³/mol. The number of fused-ring (bicyclic) bond motifs is 1. The summed E-state index contributed by atoms with van der Waals surface area (Å²) in [6.07, 6.45) is 1.55. The summed E-state index contributed by atoms with van der Waals surface area (Å²) in [6, 6.07) is 7.22. The van der Waals surface area contributed by atoms with E-state index in [2.05, 4.69) is 10.3 Å². The minimum absolute atomic E-state index is 0.467. The molecule has 0 radical (unpaired) electrons. The number of halogens is 1. The maximum absolute atomic E-state index is 6.06. The molecule has 1 aromatic heterocycles. The van der Waals surface area contributed by atoms with Crippen LogP contribution in [-0.2, 0) is 0 Å². The van der Waals surface area contributed by atoms with Gasteiger partial charge in [0.15, 0.2) is 11.5 Å². The van der Waals surface area contributed by atoms with E-state index in [-0.39, 0.29) is 0 Å². The summed E-state index contributed by atoms with van der Waals surface area (Å²) in [5, 5.41) is 3.58. The molecule has 6 heteroatoms. The van der Waals surface area contributed by atoms with Crippen LogP contribution in [0.1, 0.15) is 0 Å². The number of hydrogen-bond acceptors (Lipinski definition) is 5. The Morgan fingerprint density at radius 3 is 2.74 bits per heavy atom. The van der Waals surface area contributed by atoms with Gasteiger partial charge in [0.2, 0.25) is 0 Å². The molecule has 98 valence electrons. The fraction of sp³-hybridized carbons (Fsp3) is 0.154. The zero-order valence-corrected chi connectivity index (χ0v) is 10.8. The van der Waals surface area contributed by atoms with Gasteiger partial charge in [-0.3, -0.25) is 0 Å². The van der Waals surface area contributed by atoms with E-state index in [4.69, 9.17) is 26.8 Å². The number of nitrogens with zero attached hydrogens (tertiary/aromatic N) is 1. The van der Waals surface area contributed by atoms with Crippen molar-refractivity contribution in [3.63, 3.8) is 0 Å². The van der Waals surface area contributed by atoms with Gasteiger partial charge in [0.1, 0.15) is 19.0 Å². The summed E-state index contributed by atoms with van der Waals surface area (Å²) >= 11 is 6.06. The quantitative estimate of drug-likeness (QED) is 0.883. The minimum Gasteiger partial charge on any atom is -0.486 e. The molecule has 1 aliphatic heterocycles. The third-order valence-corrected chi connectivity index (χ3v) is 2.96. The van der Waals surface area contributed by atoms with Crippen LogP contribution in [0.3, 0.4) is 0 Å². The third-order valence-electron chi connectivity index (χ3n) is 2.67. The first-order valence-electron chi connectivity index (χ1n) is 5.80. The molecule has 0 unspecified atom stereocenters. The highest BCUT2D eigenvalue weighted by Crippen LogP contribution is 2.34. The van der Waals surface area contributed by atoms with Crippen molar-refractivity contribution in [2.24, 2.45) is 0 Å². The van der Waals surface area contributed by atoms with Gasteiger partial charge in [-0.05, 0) is 18.2 Å². The van der Waals surface area contributed by atoms with Crippen molar-refractivity contribution in [3.8, 4) is 11.5 Å². The molecule has 0 amide bonds. The van der Waals surface area contributed by atoms with Crippen LogP contribution in [0.15, 0.2) is 30.5 Å². The van der Waals surface area contributed by atoms with Crippen LogP contribution in [-0.4, -0.2) is 18.2 Å². The summed E-state index contributed by atoms with van der Waals surface area (Å²) in [7, 11) is 0. The van der Waals surface area contributed by atoms with E-state index < -0.39 is 0 Å². The lowest BCUT2D eigenvalue weighted by Crippen LogP contribution is -2.15. The normalized spacial score (nSPS) is 13.1. The van der Waals surface area contributed by atoms with E-state index in [1.807, 2.05) is 18.2 Å². The zero-order valence-electron chi connectivity index (χ0n) is 10.0. The monoisotopic (exact) mass is 277 g/mol. The SMILES string of the molecule is Nc1cnc(Nc2ccc3c(c2)OCCO3)c(Cl)c1. The number of benzene rings is 1. The third kappa shape index (κ3) is 2.51. The fourth-order valence-electron chi connectivity index (χ4n) is 1.80. The lowest BCUT2D eigenvalue weighted by molar-refractivity contribution is 0.171. The molecule has 0 atom stereocenters. The summed E-state index contributed by atoms with van der Waals surface area (Å²) in [5.74, 6) is 2.00. The Morgan fingerprint density at radius 2 is 1.95 bits per heavy atom. The van der Waals surface area contributed by atoms with Crippen molar-refractivity contribution in [1.29, 1.82) is 0 Å². The van der Waals surface area contributed by atoms with Crippen molar-refractivity contribution < 1.29 is 9.47 Å². The van der Waals surface area contributed by atoms with Crippen molar-refractivity contribution in [2.75, 3.05) is 24.3 Å². The number of hydrogen-bond donors (Lipinski definition) is 2. The van der Waals surface area contributed by atoms with Crippen molar-refractivity contribution in [2.45, 2.75) is 0 Å². The predicted octanol–water partition coefficient (Wildman–Crippen LogP) is 2.83. The molecule has 5 nitrogen and oxygen atoms in total. The number of nitrogen functional groups attached to an aromatic ring is 1. The molecule has 2 heterocycles. The lowest BCUT2D eigenvalue weighted by atomic mass is 10.2. The molecule has 0 saturated heterocycles. The van der Waals surface area contributed by atoms with Gasteiger partial charge in [0, 0.05) is 11.8 Å². The maximum Gasteiger partial charge on any atom is 0.163 e. The molecule has 19 heavy (non-hydrogen) atoms. The Balaban J connectivity index is 1.87. The summed E-state index contributed by atoms with van der Waals surface area (Å²) in [4.78, 5) is 4.15. The molecule has 3 rings (SSSR count). The smallest absolute Gasteiger partial charge is 0.163 e. The molecule has 0 saturated carbocycles. The van der Waals surface area contributed by atoms with Gasteiger partial charge >= 0.3 is 0 Å². The van der Waals surface area contributed by atoms with E-state index in [0.717, 1.165) is 11.4 Å². The first kappa shape index (κ1) is 11.9. The molecule has 1 aliphatic rings. The topological polar surface area (TPSA) is 69.4 Å². The fourth-order valence-corrected chi connectivity index (χ4v) is 2.02. The molecule has 0 bridgehead atoms. The van der Waals surface area contributed by atoms with Crippen LogP contribution >= 0.6 is 11.6 Å². The van der Waals surface area contributed by atoms with E-state index in [0.29, 0.717) is 35.5 Å². The average molecular weight is 278 g/mol. The van der Waals surface area contributed by atoms with Crippen LogP contribution in [0.25, 0.3) is 0 Å². The van der Waals surface area contributed by atoms with Gasteiger partial charge in [-0.2, -0.15) is 0 Å². The summed E-state index contributed by atoms with van der Waals surface area (Å²) in [6.45, 7) is 1.13. The Labute approximate surface area is 115 Å². The number of nitrogens with two attached hydrogens (primary N) is 1. The van der Waals surface area contributed by atoms with Crippen LogP contribution < -0.4 is 20.5 Å². The van der Waals surface area contributed by atoms with Crippen LogP contribution in [0, 0.1) is 0 Å². The van der Waals surface area contributed by atoms with Gasteiger partial charge in [-0.15, -0.1) is 0 Å². The standard InChI is InChI=1S/C13H12ClN3O2/c14-10-5-8(15)7-16-13(10)17-9-1-2-11-12(6-9)19-4-3-18-11/h1-2,5-7H,3-4,15H2,(H,16,17). The van der Waals surface area contributed by atoms with Crippen LogP contribution in [0.4, 0.5) is 17.2 Å². The number of ether oxygens (including phenoxy) is 2. The Kier molecular flexibility index (Phi) is 3.05. The summed E-state index contributed by atoms with van der Waals surface area (Å²) < 4.78 is 11.0. The minimum atomic E-state index is 0.467. The molecular weight excluding hydrogens is 266 g/mol. The molecule has 1 aromatic carbocycles. The molecule has 0 spiro atoms. The summed E-state index contributed by atoms with van der Waals surface area (Å²) in [5.41, 5.74) is 6.95. The van der Waals surface area contributed by atoms with Crippen molar-refractivity contribution in [1.82, 2.24) is 4.98 Å².